The number of benzene rings is 1. The van der Waals surface area contributed by atoms with E-state index in [1.54, 1.807) is 0 Å². The first-order valence-corrected chi connectivity index (χ1v) is 7.26. The molecule has 1 aliphatic heterocycles. The zero-order valence-electron chi connectivity index (χ0n) is 8.67. The molecule has 0 atom stereocenters. The molecule has 8 heteroatoms. The highest BCUT2D eigenvalue weighted by atomic mass is 79.9. The van der Waals surface area contributed by atoms with Crippen LogP contribution in [0.15, 0.2) is 22.7 Å². The van der Waals surface area contributed by atoms with E-state index < -0.39 is 14.9 Å². The summed E-state index contributed by atoms with van der Waals surface area (Å²) in [5, 5.41) is 10.9. The first-order valence-electron chi connectivity index (χ1n) is 4.86. The van der Waals surface area contributed by atoms with Crippen LogP contribution in [0.1, 0.15) is 6.42 Å². The number of sulfonamides is 1. The van der Waals surface area contributed by atoms with Crippen LogP contribution in [0.25, 0.3) is 0 Å². The molecule has 0 aromatic heterocycles. The maximum atomic E-state index is 11.7. The van der Waals surface area contributed by atoms with Gasteiger partial charge in [-0.3, -0.25) is 14.4 Å². The number of nitrogens with zero attached hydrogens (tertiary/aromatic N) is 2. The quantitative estimate of drug-likeness (QED) is 0.615. The second kappa shape index (κ2) is 4.26. The van der Waals surface area contributed by atoms with Gasteiger partial charge < -0.3 is 0 Å². The van der Waals surface area contributed by atoms with Crippen LogP contribution in [0.5, 0.6) is 0 Å². The Balaban J connectivity index is 2.58. The van der Waals surface area contributed by atoms with Crippen molar-refractivity contribution in [3.05, 3.63) is 32.8 Å². The maximum absolute atomic E-state index is 11.7. The van der Waals surface area contributed by atoms with E-state index >= 15 is 0 Å². The van der Waals surface area contributed by atoms with E-state index in [-0.39, 0.29) is 17.1 Å². The topological polar surface area (TPSA) is 80.5 Å². The van der Waals surface area contributed by atoms with Crippen molar-refractivity contribution < 1.29 is 13.3 Å². The molecule has 6 nitrogen and oxygen atoms in total. The Morgan fingerprint density at radius 2 is 2.12 bits per heavy atom. The third-order valence-corrected chi connectivity index (χ3v) is 4.85. The van der Waals surface area contributed by atoms with Crippen LogP contribution < -0.4 is 4.31 Å². The van der Waals surface area contributed by atoms with Crippen molar-refractivity contribution in [2.24, 2.45) is 0 Å². The van der Waals surface area contributed by atoms with E-state index in [4.69, 9.17) is 0 Å². The fourth-order valence-corrected chi connectivity index (χ4v) is 3.68. The number of anilines is 1. The first-order chi connectivity index (χ1) is 7.92. The van der Waals surface area contributed by atoms with Crippen LogP contribution in [0.2, 0.25) is 0 Å². The normalized spacial score (nSPS) is 18.3. The van der Waals surface area contributed by atoms with Crippen molar-refractivity contribution in [3.63, 3.8) is 0 Å². The van der Waals surface area contributed by atoms with Gasteiger partial charge in [0.25, 0.3) is 5.69 Å². The third-order valence-electron chi connectivity index (χ3n) is 2.50. The van der Waals surface area contributed by atoms with Crippen molar-refractivity contribution in [2.45, 2.75) is 6.42 Å². The summed E-state index contributed by atoms with van der Waals surface area (Å²) in [6.45, 7) is 0.291. The van der Waals surface area contributed by atoms with Crippen LogP contribution in [0.4, 0.5) is 11.4 Å². The average Bonchev–Trinajstić information content (AvgIpc) is 2.57. The van der Waals surface area contributed by atoms with Gasteiger partial charge >= 0.3 is 0 Å². The fraction of sp³-hybridized carbons (Fsp3) is 0.333. The summed E-state index contributed by atoms with van der Waals surface area (Å²) in [6, 6.07) is 4.28. The zero-order chi connectivity index (χ0) is 12.6. The largest absolute Gasteiger partial charge is 0.293 e. The number of hydrogen-bond acceptors (Lipinski definition) is 4. The highest BCUT2D eigenvalue weighted by molar-refractivity contribution is 9.10. The van der Waals surface area contributed by atoms with E-state index in [9.17, 15) is 18.5 Å². The Kier molecular flexibility index (Phi) is 3.09. The lowest BCUT2D eigenvalue weighted by molar-refractivity contribution is -0.384. The summed E-state index contributed by atoms with van der Waals surface area (Å²) in [6.07, 6.45) is 0.492. The number of hydrogen-bond donors (Lipinski definition) is 0. The van der Waals surface area contributed by atoms with Gasteiger partial charge in [-0.15, -0.1) is 0 Å². The van der Waals surface area contributed by atoms with E-state index in [1.807, 2.05) is 0 Å². The molecular formula is C9H9BrN2O4S. The van der Waals surface area contributed by atoms with Crippen LogP contribution in [-0.2, 0) is 10.0 Å². The smallest absolute Gasteiger partial charge is 0.263 e. The molecule has 0 amide bonds. The summed E-state index contributed by atoms with van der Waals surface area (Å²) in [5.74, 6) is 0.0384. The highest BCUT2D eigenvalue weighted by Crippen LogP contribution is 2.35. The average molecular weight is 321 g/mol. The van der Waals surface area contributed by atoms with Crippen LogP contribution in [-0.4, -0.2) is 25.6 Å². The fourth-order valence-electron chi connectivity index (χ4n) is 1.76. The molecule has 0 saturated carbocycles. The van der Waals surface area contributed by atoms with Gasteiger partial charge in [-0.2, -0.15) is 0 Å². The lowest BCUT2D eigenvalue weighted by Crippen LogP contribution is -2.25. The Labute approximate surface area is 107 Å². The molecule has 0 N–H and O–H groups in total. The van der Waals surface area contributed by atoms with Gasteiger partial charge in [0.15, 0.2) is 0 Å². The van der Waals surface area contributed by atoms with Gasteiger partial charge in [-0.25, -0.2) is 8.42 Å². The molecule has 0 bridgehead atoms. The molecule has 2 rings (SSSR count). The van der Waals surface area contributed by atoms with Crippen LogP contribution in [0.3, 0.4) is 0 Å². The second-order valence-corrected chi connectivity index (χ2v) is 6.56. The van der Waals surface area contributed by atoms with Crippen LogP contribution in [0, 0.1) is 10.1 Å². The molecule has 1 aliphatic rings. The van der Waals surface area contributed by atoms with E-state index in [0.717, 1.165) is 4.31 Å². The van der Waals surface area contributed by atoms with Crippen molar-refractivity contribution in [1.82, 2.24) is 0 Å². The zero-order valence-corrected chi connectivity index (χ0v) is 11.1. The highest BCUT2D eigenvalue weighted by Gasteiger charge is 2.33. The number of nitro benzene ring substituents is 1. The van der Waals surface area contributed by atoms with Crippen molar-refractivity contribution in [1.29, 1.82) is 0 Å². The summed E-state index contributed by atoms with van der Waals surface area (Å²) in [4.78, 5) is 10.3. The van der Waals surface area contributed by atoms with Crippen molar-refractivity contribution >= 4 is 37.3 Å². The molecule has 0 radical (unpaired) electrons. The molecule has 1 aromatic carbocycles. The van der Waals surface area contributed by atoms with Gasteiger partial charge in [-0.1, -0.05) is 15.9 Å². The van der Waals surface area contributed by atoms with Gasteiger partial charge in [-0.05, 0) is 18.6 Å². The van der Waals surface area contributed by atoms with Crippen molar-refractivity contribution in [2.75, 3.05) is 16.6 Å². The van der Waals surface area contributed by atoms with E-state index in [2.05, 4.69) is 15.9 Å². The Morgan fingerprint density at radius 3 is 2.65 bits per heavy atom. The molecule has 0 unspecified atom stereocenters. The summed E-state index contributed by atoms with van der Waals surface area (Å²) in [7, 11) is -3.40. The predicted octanol–water partition coefficient (Wildman–Crippen LogP) is 1.90. The minimum Gasteiger partial charge on any atom is -0.263 e. The van der Waals surface area contributed by atoms with Gasteiger partial charge in [0, 0.05) is 17.1 Å². The molecule has 1 aromatic rings. The Bertz CT molecular complexity index is 572. The maximum Gasteiger partial charge on any atom is 0.293 e. The summed E-state index contributed by atoms with van der Waals surface area (Å²) in [5.41, 5.74) is -0.0689. The first kappa shape index (κ1) is 12.3. The standard InChI is InChI=1S/C9H9BrN2O4S/c10-7-2-3-8(12(13)14)9(6-7)11-4-1-5-17(11,15)16/h2-3,6H,1,4-5H2. The summed E-state index contributed by atoms with van der Waals surface area (Å²) >= 11 is 3.19. The molecular weight excluding hydrogens is 312 g/mol. The minimum atomic E-state index is -3.40. The van der Waals surface area contributed by atoms with Gasteiger partial charge in [0.05, 0.1) is 10.7 Å². The number of halogens is 1. The Morgan fingerprint density at radius 1 is 1.41 bits per heavy atom. The third kappa shape index (κ3) is 2.27. The lowest BCUT2D eigenvalue weighted by Gasteiger charge is -2.16. The Hall–Kier alpha value is -1.15. The predicted molar refractivity (Wildman–Crippen MR) is 66.5 cm³/mol. The van der Waals surface area contributed by atoms with E-state index in [1.165, 1.54) is 18.2 Å². The lowest BCUT2D eigenvalue weighted by atomic mass is 10.2. The van der Waals surface area contributed by atoms with Crippen molar-refractivity contribution in [3.8, 4) is 0 Å². The number of rotatable bonds is 2. The number of nitro groups is 1. The molecule has 0 spiro atoms. The molecule has 0 aliphatic carbocycles. The van der Waals surface area contributed by atoms with Gasteiger partial charge in [0.2, 0.25) is 10.0 Å². The minimum absolute atomic E-state index is 0.0384. The van der Waals surface area contributed by atoms with E-state index in [0.29, 0.717) is 17.4 Å². The molecule has 1 fully saturated rings. The SMILES string of the molecule is O=[N+]([O-])c1ccc(Br)cc1N1CCCS1(=O)=O. The second-order valence-electron chi connectivity index (χ2n) is 3.63. The summed E-state index contributed by atoms with van der Waals surface area (Å²) < 4.78 is 25.2. The van der Waals surface area contributed by atoms with Gasteiger partial charge in [0.1, 0.15) is 5.69 Å². The molecule has 1 heterocycles. The molecule has 17 heavy (non-hydrogen) atoms. The molecule has 92 valence electrons. The molecule has 1 saturated heterocycles. The van der Waals surface area contributed by atoms with Crippen LogP contribution >= 0.6 is 15.9 Å². The monoisotopic (exact) mass is 320 g/mol.